The summed E-state index contributed by atoms with van der Waals surface area (Å²) in [7, 11) is 5.08. The Hall–Kier alpha value is -2.80. The Bertz CT molecular complexity index is 1070. The zero-order valence-corrected chi connectivity index (χ0v) is 22.3. The lowest BCUT2D eigenvalue weighted by atomic mass is 9.86. The van der Waals surface area contributed by atoms with Crippen LogP contribution in [0.1, 0.15) is 54.8 Å². The smallest absolute Gasteiger partial charge is 0.222 e. The van der Waals surface area contributed by atoms with Crippen LogP contribution in [-0.4, -0.2) is 69.2 Å². The van der Waals surface area contributed by atoms with E-state index in [9.17, 15) is 9.18 Å². The highest BCUT2D eigenvalue weighted by Gasteiger charge is 2.36. The molecular formula is C29H40FN3O3. The number of carbonyl (C=O) groups is 1. The molecule has 2 fully saturated rings. The van der Waals surface area contributed by atoms with Crippen LogP contribution in [0.5, 0.6) is 11.5 Å². The number of fused-ring (bicyclic) bond motifs is 1. The molecule has 0 aliphatic carbocycles. The Kier molecular flexibility index (Phi) is 8.39. The average Bonchev–Trinajstić information content (AvgIpc) is 2.88. The second-order valence-electron chi connectivity index (χ2n) is 10.2. The Morgan fingerprint density at radius 3 is 2.64 bits per heavy atom. The number of amides is 1. The van der Waals surface area contributed by atoms with Gasteiger partial charge in [-0.15, -0.1) is 0 Å². The summed E-state index contributed by atoms with van der Waals surface area (Å²) in [6.45, 7) is 7.71. The summed E-state index contributed by atoms with van der Waals surface area (Å²) in [4.78, 5) is 18.5. The van der Waals surface area contributed by atoms with Gasteiger partial charge in [-0.1, -0.05) is 6.07 Å². The zero-order valence-electron chi connectivity index (χ0n) is 22.3. The van der Waals surface area contributed by atoms with E-state index in [1.54, 1.807) is 19.0 Å². The Labute approximate surface area is 215 Å². The molecule has 7 heteroatoms. The third-order valence-corrected chi connectivity index (χ3v) is 7.87. The van der Waals surface area contributed by atoms with Gasteiger partial charge >= 0.3 is 0 Å². The maximum absolute atomic E-state index is 13.9. The van der Waals surface area contributed by atoms with Crippen molar-refractivity contribution in [3.05, 3.63) is 52.8 Å². The van der Waals surface area contributed by atoms with E-state index >= 15 is 0 Å². The maximum atomic E-state index is 13.9. The van der Waals surface area contributed by atoms with Gasteiger partial charge in [0, 0.05) is 64.0 Å². The molecule has 2 aliphatic rings. The van der Waals surface area contributed by atoms with E-state index in [1.807, 2.05) is 12.1 Å². The number of piperidine rings is 1. The minimum absolute atomic E-state index is 0.132. The van der Waals surface area contributed by atoms with Crippen LogP contribution in [0.15, 0.2) is 30.3 Å². The fourth-order valence-corrected chi connectivity index (χ4v) is 5.63. The molecule has 2 aromatic carbocycles. The number of benzene rings is 2. The highest BCUT2D eigenvalue weighted by Crippen LogP contribution is 2.40. The molecule has 4 rings (SSSR count). The molecule has 2 aliphatic heterocycles. The predicted octanol–water partition coefficient (Wildman–Crippen LogP) is 5.11. The Morgan fingerprint density at radius 2 is 1.89 bits per heavy atom. The van der Waals surface area contributed by atoms with Crippen molar-refractivity contribution in [3.63, 3.8) is 0 Å². The largest absolute Gasteiger partial charge is 0.494 e. The molecule has 1 amide bonds. The zero-order chi connectivity index (χ0) is 25.8. The lowest BCUT2D eigenvalue weighted by molar-refractivity contribution is -0.128. The van der Waals surface area contributed by atoms with Crippen LogP contribution in [0.4, 0.5) is 10.1 Å². The molecule has 2 heterocycles. The van der Waals surface area contributed by atoms with Gasteiger partial charge in [-0.3, -0.25) is 9.69 Å². The second kappa shape index (κ2) is 11.5. The minimum atomic E-state index is -0.321. The van der Waals surface area contributed by atoms with Crippen LogP contribution < -0.4 is 14.4 Å². The van der Waals surface area contributed by atoms with E-state index in [1.165, 1.54) is 42.7 Å². The van der Waals surface area contributed by atoms with Crippen molar-refractivity contribution < 1.29 is 18.7 Å². The highest BCUT2D eigenvalue weighted by molar-refractivity contribution is 5.75. The van der Waals surface area contributed by atoms with Gasteiger partial charge in [-0.05, 0) is 74.4 Å². The van der Waals surface area contributed by atoms with Crippen molar-refractivity contribution in [2.75, 3.05) is 52.3 Å². The normalized spacial score (nSPS) is 20.1. The van der Waals surface area contributed by atoms with E-state index in [0.29, 0.717) is 37.3 Å². The number of piperazine rings is 1. The summed E-state index contributed by atoms with van der Waals surface area (Å²) in [5.74, 6) is 1.02. The molecule has 0 N–H and O–H groups in total. The number of hydrogen-bond acceptors (Lipinski definition) is 5. The van der Waals surface area contributed by atoms with Crippen molar-refractivity contribution in [3.8, 4) is 11.5 Å². The molecule has 2 atom stereocenters. The van der Waals surface area contributed by atoms with Gasteiger partial charge in [0.15, 0.2) is 11.6 Å². The number of halogens is 1. The van der Waals surface area contributed by atoms with Crippen LogP contribution in [0.3, 0.4) is 0 Å². The van der Waals surface area contributed by atoms with Gasteiger partial charge in [0.2, 0.25) is 5.91 Å². The van der Waals surface area contributed by atoms with Gasteiger partial charge in [0.1, 0.15) is 5.75 Å². The van der Waals surface area contributed by atoms with Crippen LogP contribution >= 0.6 is 0 Å². The molecule has 36 heavy (non-hydrogen) atoms. The third-order valence-electron chi connectivity index (χ3n) is 7.87. The summed E-state index contributed by atoms with van der Waals surface area (Å²) in [6, 6.07) is 10.4. The number of anilines is 1. The predicted molar refractivity (Wildman–Crippen MR) is 142 cm³/mol. The summed E-state index contributed by atoms with van der Waals surface area (Å²) < 4.78 is 25.2. The first-order chi connectivity index (χ1) is 17.3. The molecule has 0 radical (unpaired) electrons. The van der Waals surface area contributed by atoms with Gasteiger partial charge < -0.3 is 19.3 Å². The van der Waals surface area contributed by atoms with Crippen molar-refractivity contribution in [2.45, 2.75) is 58.0 Å². The van der Waals surface area contributed by atoms with Gasteiger partial charge in [0.25, 0.3) is 0 Å². The first-order valence-electron chi connectivity index (χ1n) is 13.1. The molecule has 196 valence electrons. The van der Waals surface area contributed by atoms with Crippen LogP contribution in [-0.2, 0) is 4.79 Å². The number of rotatable bonds is 8. The van der Waals surface area contributed by atoms with Crippen molar-refractivity contribution in [1.29, 1.82) is 0 Å². The van der Waals surface area contributed by atoms with Crippen LogP contribution in [0.2, 0.25) is 0 Å². The fourth-order valence-electron chi connectivity index (χ4n) is 5.63. The Morgan fingerprint density at radius 1 is 1.08 bits per heavy atom. The summed E-state index contributed by atoms with van der Waals surface area (Å²) in [6.07, 6.45) is 4.75. The second-order valence-corrected chi connectivity index (χ2v) is 10.2. The molecule has 0 saturated carbocycles. The summed E-state index contributed by atoms with van der Waals surface area (Å²) >= 11 is 0. The number of ether oxygens (including phenoxy) is 2. The molecule has 0 bridgehead atoms. The van der Waals surface area contributed by atoms with E-state index in [-0.39, 0.29) is 11.7 Å². The summed E-state index contributed by atoms with van der Waals surface area (Å²) in [5, 5.41) is 0. The first kappa shape index (κ1) is 26.3. The topological polar surface area (TPSA) is 45.3 Å². The molecule has 0 aromatic heterocycles. The Balaban J connectivity index is 1.42. The molecular weight excluding hydrogens is 457 g/mol. The van der Waals surface area contributed by atoms with Crippen molar-refractivity contribution in [2.24, 2.45) is 0 Å². The van der Waals surface area contributed by atoms with Crippen LogP contribution in [0.25, 0.3) is 0 Å². The molecule has 2 saturated heterocycles. The standard InChI is InChI=1S/C29H40FN3O3/c1-20-21(2)27(36-17-7-10-29(34)31(3)4)14-12-24(20)26-9-6-8-23-19-32(15-16-33(23)26)22-11-13-25(30)28(18-22)35-5/h11-14,18,23,26H,6-10,15-17,19H2,1-5H3/t23-,26+/m0/s1. The number of carbonyl (C=O) groups excluding carboxylic acids is 1. The monoisotopic (exact) mass is 497 g/mol. The van der Waals surface area contributed by atoms with Crippen LogP contribution in [0, 0.1) is 19.7 Å². The maximum Gasteiger partial charge on any atom is 0.222 e. The van der Waals surface area contributed by atoms with Gasteiger partial charge in [0.05, 0.1) is 13.7 Å². The molecule has 0 spiro atoms. The fraction of sp³-hybridized carbons (Fsp3) is 0.552. The average molecular weight is 498 g/mol. The van der Waals surface area contributed by atoms with Crippen molar-refractivity contribution >= 4 is 11.6 Å². The number of methoxy groups -OCH3 is 1. The molecule has 2 aromatic rings. The highest BCUT2D eigenvalue weighted by atomic mass is 19.1. The quantitative estimate of drug-likeness (QED) is 0.474. The van der Waals surface area contributed by atoms with Gasteiger partial charge in [-0.25, -0.2) is 4.39 Å². The van der Waals surface area contributed by atoms with Crippen molar-refractivity contribution in [1.82, 2.24) is 9.80 Å². The molecule has 6 nitrogen and oxygen atoms in total. The van der Waals surface area contributed by atoms with Gasteiger partial charge in [-0.2, -0.15) is 0 Å². The number of nitrogens with zero attached hydrogens (tertiary/aromatic N) is 3. The van der Waals surface area contributed by atoms with E-state index in [0.717, 1.165) is 37.5 Å². The van der Waals surface area contributed by atoms with E-state index < -0.39 is 0 Å². The number of hydrogen-bond donors (Lipinski definition) is 0. The first-order valence-corrected chi connectivity index (χ1v) is 13.1. The summed E-state index contributed by atoms with van der Waals surface area (Å²) in [5.41, 5.74) is 4.90. The third kappa shape index (κ3) is 5.61. The van der Waals surface area contributed by atoms with E-state index in [4.69, 9.17) is 9.47 Å². The lowest BCUT2D eigenvalue weighted by Crippen LogP contribution is -2.56. The molecule has 0 unspecified atom stereocenters. The van der Waals surface area contributed by atoms with E-state index in [2.05, 4.69) is 35.8 Å². The SMILES string of the molecule is COc1cc(N2CCN3[C@@H](CCC[C@@H]3c3ccc(OCCCC(=O)N(C)C)c(C)c3C)C2)ccc1F. The minimum Gasteiger partial charge on any atom is -0.494 e. The lowest BCUT2D eigenvalue weighted by Gasteiger charge is -2.49.